The monoisotopic (exact) mass is 303 g/mol. The van der Waals surface area contributed by atoms with Crippen molar-refractivity contribution in [2.75, 3.05) is 24.5 Å². The zero-order valence-corrected chi connectivity index (χ0v) is 11.9. The Morgan fingerprint density at radius 2 is 2.24 bits per heavy atom. The van der Waals surface area contributed by atoms with E-state index in [2.05, 4.69) is 34.8 Å². The number of hydrogen-bond acceptors (Lipinski definition) is 3. The van der Waals surface area contributed by atoms with Crippen LogP contribution in [0.5, 0.6) is 0 Å². The Bertz CT molecular complexity index is 358. The van der Waals surface area contributed by atoms with E-state index < -0.39 is 0 Å². The lowest BCUT2D eigenvalue weighted by Gasteiger charge is -2.25. The molecule has 0 aliphatic rings. The molecule has 17 heavy (non-hydrogen) atoms. The topological polar surface area (TPSA) is 42.1 Å². The van der Waals surface area contributed by atoms with Crippen LogP contribution in [0.2, 0.25) is 0 Å². The van der Waals surface area contributed by atoms with E-state index >= 15 is 0 Å². The first-order valence-electron chi connectivity index (χ1n) is 5.80. The summed E-state index contributed by atoms with van der Waals surface area (Å²) in [7, 11) is 0. The van der Waals surface area contributed by atoms with Gasteiger partial charge in [0.05, 0.1) is 0 Å². The molecule has 0 radical (unpaired) electrons. The van der Waals surface area contributed by atoms with Gasteiger partial charge in [-0.15, -0.1) is 0 Å². The van der Waals surface area contributed by atoms with E-state index in [-0.39, 0.29) is 5.82 Å². The summed E-state index contributed by atoms with van der Waals surface area (Å²) in [6.45, 7) is 6.33. The second-order valence-corrected chi connectivity index (χ2v) is 5.36. The highest BCUT2D eigenvalue weighted by molar-refractivity contribution is 9.10. The molecule has 0 fully saturated rings. The fourth-order valence-electron chi connectivity index (χ4n) is 1.65. The number of aromatic nitrogens is 1. The van der Waals surface area contributed by atoms with Crippen LogP contribution in [0.4, 0.5) is 10.2 Å². The Hall–Kier alpha value is -0.680. The van der Waals surface area contributed by atoms with Gasteiger partial charge in [-0.25, -0.2) is 9.37 Å². The van der Waals surface area contributed by atoms with E-state index in [1.807, 2.05) is 4.90 Å². The van der Waals surface area contributed by atoms with Gasteiger partial charge in [-0.3, -0.25) is 0 Å². The average molecular weight is 304 g/mol. The lowest BCUT2D eigenvalue weighted by Crippen LogP contribution is -2.31. The molecule has 1 aromatic rings. The predicted octanol–water partition coefficient (Wildman–Crippen LogP) is 2.79. The van der Waals surface area contributed by atoms with Crippen LogP contribution in [-0.4, -0.2) is 24.6 Å². The maximum absolute atomic E-state index is 13.8. The normalized spacial score (nSPS) is 10.9. The Morgan fingerprint density at radius 1 is 1.53 bits per heavy atom. The van der Waals surface area contributed by atoms with E-state index in [9.17, 15) is 4.39 Å². The van der Waals surface area contributed by atoms with Crippen molar-refractivity contribution in [2.24, 2.45) is 11.7 Å². The number of nitrogens with zero attached hydrogens (tertiary/aromatic N) is 2. The smallest absolute Gasteiger partial charge is 0.166 e. The minimum atomic E-state index is -0.294. The van der Waals surface area contributed by atoms with Crippen LogP contribution < -0.4 is 10.6 Å². The molecule has 0 atom stereocenters. The van der Waals surface area contributed by atoms with E-state index in [0.29, 0.717) is 22.8 Å². The molecule has 0 saturated carbocycles. The number of halogens is 2. The number of rotatable bonds is 6. The van der Waals surface area contributed by atoms with Crippen molar-refractivity contribution in [1.29, 1.82) is 0 Å². The lowest BCUT2D eigenvalue weighted by atomic mass is 10.2. The summed E-state index contributed by atoms with van der Waals surface area (Å²) in [5.41, 5.74) is 5.50. The van der Waals surface area contributed by atoms with Crippen LogP contribution in [0.25, 0.3) is 0 Å². The molecule has 1 heterocycles. The zero-order chi connectivity index (χ0) is 12.8. The third-order valence-corrected chi connectivity index (χ3v) is 2.74. The Kier molecular flexibility index (Phi) is 5.85. The maximum atomic E-state index is 13.8. The summed E-state index contributed by atoms with van der Waals surface area (Å²) in [5, 5.41) is 0. The lowest BCUT2D eigenvalue weighted by molar-refractivity contribution is 0.566. The Labute approximate surface area is 110 Å². The number of hydrogen-bond donors (Lipinski definition) is 1. The van der Waals surface area contributed by atoms with Gasteiger partial charge >= 0.3 is 0 Å². The van der Waals surface area contributed by atoms with Crippen LogP contribution in [0.1, 0.15) is 20.3 Å². The van der Waals surface area contributed by atoms with E-state index in [4.69, 9.17) is 5.73 Å². The molecule has 0 saturated heterocycles. The summed E-state index contributed by atoms with van der Waals surface area (Å²) < 4.78 is 14.5. The maximum Gasteiger partial charge on any atom is 0.166 e. The highest BCUT2D eigenvalue weighted by atomic mass is 79.9. The molecular formula is C12H19BrFN3. The largest absolute Gasteiger partial charge is 0.354 e. The van der Waals surface area contributed by atoms with Gasteiger partial charge in [0.1, 0.15) is 0 Å². The van der Waals surface area contributed by atoms with Gasteiger partial charge in [-0.1, -0.05) is 13.8 Å². The van der Waals surface area contributed by atoms with Gasteiger partial charge in [-0.2, -0.15) is 0 Å². The first-order chi connectivity index (χ1) is 8.04. The molecule has 1 rings (SSSR count). The van der Waals surface area contributed by atoms with E-state index in [1.165, 1.54) is 6.07 Å². The van der Waals surface area contributed by atoms with E-state index in [0.717, 1.165) is 19.5 Å². The molecule has 0 aliphatic carbocycles. The molecule has 0 aromatic carbocycles. The summed E-state index contributed by atoms with van der Waals surface area (Å²) in [6, 6.07) is 1.44. The summed E-state index contributed by atoms with van der Waals surface area (Å²) in [5.74, 6) is 0.574. The molecule has 0 amide bonds. The van der Waals surface area contributed by atoms with Gasteiger partial charge in [0, 0.05) is 23.8 Å². The third-order valence-electron chi connectivity index (χ3n) is 2.31. The first-order valence-corrected chi connectivity index (χ1v) is 6.60. The van der Waals surface area contributed by atoms with Gasteiger partial charge in [0.15, 0.2) is 11.6 Å². The Morgan fingerprint density at radius 3 is 2.76 bits per heavy atom. The molecule has 0 spiro atoms. The Balaban J connectivity index is 2.86. The molecule has 0 unspecified atom stereocenters. The average Bonchev–Trinajstić information content (AvgIpc) is 2.24. The van der Waals surface area contributed by atoms with Crippen molar-refractivity contribution >= 4 is 21.7 Å². The number of anilines is 1. The zero-order valence-electron chi connectivity index (χ0n) is 10.3. The minimum Gasteiger partial charge on any atom is -0.354 e. The predicted molar refractivity (Wildman–Crippen MR) is 72.6 cm³/mol. The van der Waals surface area contributed by atoms with Crippen molar-refractivity contribution in [3.63, 3.8) is 0 Å². The number of nitrogens with two attached hydrogens (primary N) is 1. The quantitative estimate of drug-likeness (QED) is 0.879. The summed E-state index contributed by atoms with van der Waals surface area (Å²) >= 11 is 3.21. The molecule has 96 valence electrons. The molecule has 0 aliphatic heterocycles. The summed E-state index contributed by atoms with van der Waals surface area (Å²) in [4.78, 5) is 6.10. The van der Waals surface area contributed by atoms with Crippen LogP contribution in [0.3, 0.4) is 0 Å². The second-order valence-electron chi connectivity index (χ2n) is 4.44. The van der Waals surface area contributed by atoms with Crippen LogP contribution >= 0.6 is 15.9 Å². The molecule has 2 N–H and O–H groups in total. The summed E-state index contributed by atoms with van der Waals surface area (Å²) in [6.07, 6.45) is 2.46. The van der Waals surface area contributed by atoms with Crippen LogP contribution in [0, 0.1) is 11.7 Å². The highest BCUT2D eigenvalue weighted by Gasteiger charge is 2.14. The standard InChI is InChI=1S/C12H19BrFN3/c1-9(2)8-17(5-3-4-15)12-11(14)6-10(13)7-16-12/h6-7,9H,3-5,8,15H2,1-2H3. The van der Waals surface area contributed by atoms with Gasteiger partial charge in [-0.05, 0) is 40.9 Å². The van der Waals surface area contributed by atoms with Gasteiger partial charge in [0.2, 0.25) is 0 Å². The van der Waals surface area contributed by atoms with Crippen molar-refractivity contribution in [2.45, 2.75) is 20.3 Å². The molecular weight excluding hydrogens is 285 g/mol. The van der Waals surface area contributed by atoms with Gasteiger partial charge < -0.3 is 10.6 Å². The molecule has 5 heteroatoms. The number of pyridine rings is 1. The highest BCUT2D eigenvalue weighted by Crippen LogP contribution is 2.21. The molecule has 1 aromatic heterocycles. The minimum absolute atomic E-state index is 0.294. The van der Waals surface area contributed by atoms with E-state index in [1.54, 1.807) is 6.20 Å². The second kappa shape index (κ2) is 6.91. The third kappa shape index (κ3) is 4.60. The fraction of sp³-hybridized carbons (Fsp3) is 0.583. The SMILES string of the molecule is CC(C)CN(CCCN)c1ncc(Br)cc1F. The molecule has 3 nitrogen and oxygen atoms in total. The molecule has 0 bridgehead atoms. The van der Waals surface area contributed by atoms with Crippen molar-refractivity contribution in [3.8, 4) is 0 Å². The first kappa shape index (κ1) is 14.4. The van der Waals surface area contributed by atoms with Crippen LogP contribution in [0.15, 0.2) is 16.7 Å². The van der Waals surface area contributed by atoms with Crippen molar-refractivity contribution in [3.05, 3.63) is 22.6 Å². The van der Waals surface area contributed by atoms with Crippen LogP contribution in [-0.2, 0) is 0 Å². The van der Waals surface area contributed by atoms with Crippen molar-refractivity contribution in [1.82, 2.24) is 4.98 Å². The van der Waals surface area contributed by atoms with Crippen molar-refractivity contribution < 1.29 is 4.39 Å². The fourth-order valence-corrected chi connectivity index (χ4v) is 1.95. The van der Waals surface area contributed by atoms with Gasteiger partial charge in [0.25, 0.3) is 0 Å².